The van der Waals surface area contributed by atoms with Gasteiger partial charge in [0.05, 0.1) is 33.1 Å². The number of morpholine rings is 1. The maximum atomic E-state index is 13.7. The Bertz CT molecular complexity index is 862. The van der Waals surface area contributed by atoms with Gasteiger partial charge in [0.2, 0.25) is 0 Å². The number of hydrogen-bond donors (Lipinski definition) is 1. The summed E-state index contributed by atoms with van der Waals surface area (Å²) in [5.74, 6) is 1.10. The highest BCUT2D eigenvalue weighted by atomic mass is 32.1. The Morgan fingerprint density at radius 1 is 1.16 bits per heavy atom. The van der Waals surface area contributed by atoms with Crippen LogP contribution in [0.3, 0.4) is 0 Å². The number of nitrogens with one attached hydrogen (secondary N) is 1. The highest BCUT2D eigenvalue weighted by molar-refractivity contribution is 7.80. The van der Waals surface area contributed by atoms with Crippen LogP contribution in [0.5, 0.6) is 11.5 Å². The molecule has 0 saturated carbocycles. The van der Waals surface area contributed by atoms with Gasteiger partial charge in [0.25, 0.3) is 0 Å². The number of nitrogens with zero attached hydrogens (tertiary/aromatic N) is 2. The van der Waals surface area contributed by atoms with Crippen molar-refractivity contribution in [3.05, 3.63) is 53.8 Å². The molecule has 2 aromatic carbocycles. The maximum Gasteiger partial charge on any atom is 0.173 e. The molecule has 31 heavy (non-hydrogen) atoms. The summed E-state index contributed by atoms with van der Waals surface area (Å²) >= 11 is 5.73. The molecule has 0 bridgehead atoms. The van der Waals surface area contributed by atoms with Gasteiger partial charge in [-0.3, -0.25) is 4.90 Å². The molecule has 3 rings (SSSR count). The van der Waals surface area contributed by atoms with Gasteiger partial charge in [0.1, 0.15) is 17.3 Å². The van der Waals surface area contributed by atoms with Crippen LogP contribution in [0, 0.1) is 5.82 Å². The van der Waals surface area contributed by atoms with E-state index in [2.05, 4.69) is 15.1 Å². The van der Waals surface area contributed by atoms with Gasteiger partial charge in [-0.2, -0.15) is 0 Å². The first-order valence-electron chi connectivity index (χ1n) is 10.4. The Hall–Kier alpha value is -2.42. The van der Waals surface area contributed by atoms with E-state index >= 15 is 0 Å². The fourth-order valence-electron chi connectivity index (χ4n) is 3.51. The Morgan fingerprint density at radius 2 is 1.97 bits per heavy atom. The highest BCUT2D eigenvalue weighted by Crippen LogP contribution is 2.29. The summed E-state index contributed by atoms with van der Waals surface area (Å²) < 4.78 is 29.9. The molecule has 1 aliphatic heterocycles. The van der Waals surface area contributed by atoms with Gasteiger partial charge in [0, 0.05) is 38.8 Å². The summed E-state index contributed by atoms with van der Waals surface area (Å²) in [6, 6.07) is 12.2. The first-order valence-corrected chi connectivity index (χ1v) is 10.8. The summed E-state index contributed by atoms with van der Waals surface area (Å²) in [7, 11) is 3.22. The molecule has 168 valence electrons. The second kappa shape index (κ2) is 11.8. The van der Waals surface area contributed by atoms with Gasteiger partial charge in [-0.1, -0.05) is 12.1 Å². The number of halogens is 1. The van der Waals surface area contributed by atoms with Gasteiger partial charge in [0.15, 0.2) is 5.11 Å². The number of hydrogen-bond acceptors (Lipinski definition) is 5. The molecule has 1 N–H and O–H groups in total. The lowest BCUT2D eigenvalue weighted by Crippen LogP contribution is -2.40. The molecular weight excluding hydrogens is 417 g/mol. The number of thiocarbonyl (C=S) groups is 1. The van der Waals surface area contributed by atoms with Crippen LogP contribution in [0.1, 0.15) is 12.0 Å². The van der Waals surface area contributed by atoms with Crippen molar-refractivity contribution in [1.82, 2.24) is 9.80 Å². The molecule has 0 unspecified atom stereocenters. The summed E-state index contributed by atoms with van der Waals surface area (Å²) in [6.45, 7) is 5.71. The average molecular weight is 448 g/mol. The fourth-order valence-corrected chi connectivity index (χ4v) is 3.78. The van der Waals surface area contributed by atoms with Crippen LogP contribution in [-0.4, -0.2) is 68.5 Å². The first kappa shape index (κ1) is 23.2. The number of anilines is 1. The lowest BCUT2D eigenvalue weighted by molar-refractivity contribution is 0.0368. The molecular formula is C23H30FN3O3S. The van der Waals surface area contributed by atoms with Crippen molar-refractivity contribution in [2.45, 2.75) is 13.0 Å². The zero-order valence-corrected chi connectivity index (χ0v) is 18.9. The normalized spacial score (nSPS) is 14.2. The molecule has 0 radical (unpaired) electrons. The van der Waals surface area contributed by atoms with E-state index in [1.807, 2.05) is 18.2 Å². The van der Waals surface area contributed by atoms with E-state index in [0.717, 1.165) is 57.1 Å². The average Bonchev–Trinajstić information content (AvgIpc) is 2.79. The third-order valence-corrected chi connectivity index (χ3v) is 5.57. The van der Waals surface area contributed by atoms with Gasteiger partial charge < -0.3 is 24.4 Å². The summed E-state index contributed by atoms with van der Waals surface area (Å²) in [5, 5.41) is 3.85. The van der Waals surface area contributed by atoms with E-state index in [4.69, 9.17) is 26.4 Å². The van der Waals surface area contributed by atoms with Crippen LogP contribution in [0.25, 0.3) is 0 Å². The molecule has 0 spiro atoms. The lowest BCUT2D eigenvalue weighted by atomic mass is 10.2. The molecule has 0 atom stereocenters. The SMILES string of the molecule is COc1ccc(NC(=S)N(CCCN2CCOCC2)Cc2cccc(F)c2)c(OC)c1. The van der Waals surface area contributed by atoms with E-state index < -0.39 is 0 Å². The highest BCUT2D eigenvalue weighted by Gasteiger charge is 2.16. The van der Waals surface area contributed by atoms with Crippen LogP contribution in [0.4, 0.5) is 10.1 Å². The van der Waals surface area contributed by atoms with Gasteiger partial charge in [-0.25, -0.2) is 4.39 Å². The molecule has 0 aliphatic carbocycles. The summed E-state index contributed by atoms with van der Waals surface area (Å²) in [6.07, 6.45) is 0.941. The van der Waals surface area contributed by atoms with Crippen molar-refractivity contribution in [2.75, 3.05) is 58.9 Å². The Labute approximate surface area is 188 Å². The Morgan fingerprint density at radius 3 is 2.68 bits per heavy atom. The van der Waals surface area contributed by atoms with Crippen molar-refractivity contribution < 1.29 is 18.6 Å². The second-order valence-electron chi connectivity index (χ2n) is 7.36. The largest absolute Gasteiger partial charge is 0.497 e. The van der Waals surface area contributed by atoms with Crippen molar-refractivity contribution >= 4 is 23.0 Å². The molecule has 1 saturated heterocycles. The van der Waals surface area contributed by atoms with Crippen molar-refractivity contribution in [3.63, 3.8) is 0 Å². The summed E-state index contributed by atoms with van der Waals surface area (Å²) in [4.78, 5) is 4.46. The van der Waals surface area contributed by atoms with Crippen molar-refractivity contribution in [3.8, 4) is 11.5 Å². The van der Waals surface area contributed by atoms with Crippen molar-refractivity contribution in [1.29, 1.82) is 0 Å². The van der Waals surface area contributed by atoms with Crippen LogP contribution < -0.4 is 14.8 Å². The third kappa shape index (κ3) is 7.05. The Kier molecular flexibility index (Phi) is 8.87. The van der Waals surface area contributed by atoms with Crippen LogP contribution >= 0.6 is 12.2 Å². The predicted molar refractivity (Wildman–Crippen MR) is 124 cm³/mol. The topological polar surface area (TPSA) is 46.2 Å². The van der Waals surface area contributed by atoms with E-state index in [9.17, 15) is 4.39 Å². The van der Waals surface area contributed by atoms with Crippen LogP contribution in [0.15, 0.2) is 42.5 Å². The molecule has 0 amide bonds. The maximum absolute atomic E-state index is 13.7. The lowest BCUT2D eigenvalue weighted by Gasteiger charge is -2.30. The third-order valence-electron chi connectivity index (χ3n) is 5.21. The van der Waals surface area contributed by atoms with Crippen LogP contribution in [0.2, 0.25) is 0 Å². The molecule has 8 heteroatoms. The van der Waals surface area contributed by atoms with Gasteiger partial charge in [-0.05, 0) is 48.5 Å². The monoisotopic (exact) mass is 447 g/mol. The van der Waals surface area contributed by atoms with E-state index in [0.29, 0.717) is 23.2 Å². The van der Waals surface area contributed by atoms with Crippen molar-refractivity contribution in [2.24, 2.45) is 0 Å². The molecule has 6 nitrogen and oxygen atoms in total. The zero-order valence-electron chi connectivity index (χ0n) is 18.1. The van der Waals surface area contributed by atoms with Gasteiger partial charge >= 0.3 is 0 Å². The van der Waals surface area contributed by atoms with E-state index in [1.165, 1.54) is 6.07 Å². The molecule has 0 aromatic heterocycles. The number of rotatable bonds is 9. The molecule has 1 heterocycles. The molecule has 1 fully saturated rings. The fraction of sp³-hybridized carbons (Fsp3) is 0.435. The molecule has 1 aliphatic rings. The second-order valence-corrected chi connectivity index (χ2v) is 7.74. The predicted octanol–water partition coefficient (Wildman–Crippen LogP) is 3.76. The van der Waals surface area contributed by atoms with Gasteiger partial charge in [-0.15, -0.1) is 0 Å². The number of ether oxygens (including phenoxy) is 3. The van der Waals surface area contributed by atoms with Crippen LogP contribution in [-0.2, 0) is 11.3 Å². The standard InChI is InChI=1S/C23H30FN3O3S/c1-28-20-7-8-21(22(16-20)29-2)25-23(31)27(17-18-5-3-6-19(24)15-18)10-4-9-26-11-13-30-14-12-26/h3,5-8,15-16H,4,9-14,17H2,1-2H3,(H,25,31). The minimum Gasteiger partial charge on any atom is -0.497 e. The quantitative estimate of drug-likeness (QED) is 0.587. The van der Waals surface area contributed by atoms with E-state index in [1.54, 1.807) is 32.4 Å². The Balaban J connectivity index is 1.68. The summed E-state index contributed by atoms with van der Waals surface area (Å²) in [5.41, 5.74) is 1.63. The minimum absolute atomic E-state index is 0.249. The smallest absolute Gasteiger partial charge is 0.173 e. The number of methoxy groups -OCH3 is 2. The minimum atomic E-state index is -0.249. The first-order chi connectivity index (χ1) is 15.1. The number of benzene rings is 2. The molecule has 2 aromatic rings. The zero-order chi connectivity index (χ0) is 22.1. The van der Waals surface area contributed by atoms with E-state index in [-0.39, 0.29) is 5.82 Å².